The van der Waals surface area contributed by atoms with Crippen molar-refractivity contribution < 1.29 is 20.1 Å². The van der Waals surface area contributed by atoms with Crippen LogP contribution in [-0.2, 0) is 16.9 Å². The molecule has 0 amide bonds. The van der Waals surface area contributed by atoms with Crippen molar-refractivity contribution in [3.8, 4) is 0 Å². The molecule has 1 aromatic carbocycles. The molecule has 3 aliphatic carbocycles. The summed E-state index contributed by atoms with van der Waals surface area (Å²) in [7, 11) is 0. The zero-order valence-corrected chi connectivity index (χ0v) is 22.7. The maximum Gasteiger partial charge on any atom is 0.0840 e. The van der Waals surface area contributed by atoms with E-state index in [1.54, 1.807) is 0 Å². The zero-order chi connectivity index (χ0) is 26.1. The number of aliphatic hydroxyl groups is 3. The number of aliphatic hydroxyl groups excluding tert-OH is 2. The van der Waals surface area contributed by atoms with Crippen LogP contribution < -0.4 is 0 Å². The van der Waals surface area contributed by atoms with Crippen molar-refractivity contribution in [2.24, 2.45) is 23.2 Å². The SMILES string of the molecule is C=C1/C(=C\C=C2/CCC[C@]3(C)C([C@@H](C)COCc4cccc(C(C)(C)O)c4)CC[C@@H]23)C[C@@H](O)C[C@@H]1O. The molecule has 198 valence electrons. The van der Waals surface area contributed by atoms with Gasteiger partial charge < -0.3 is 20.1 Å². The number of hydrogen-bond donors (Lipinski definition) is 3. The molecular weight excluding hydrogens is 448 g/mol. The van der Waals surface area contributed by atoms with Crippen LogP contribution in [0.1, 0.15) is 83.8 Å². The highest BCUT2D eigenvalue weighted by Crippen LogP contribution is 2.59. The monoisotopic (exact) mass is 494 g/mol. The van der Waals surface area contributed by atoms with Crippen LogP contribution in [0.2, 0.25) is 0 Å². The summed E-state index contributed by atoms with van der Waals surface area (Å²) in [4.78, 5) is 0. The number of fused-ring (bicyclic) bond motifs is 1. The lowest BCUT2D eigenvalue weighted by Gasteiger charge is -2.44. The van der Waals surface area contributed by atoms with Crippen molar-refractivity contribution in [2.75, 3.05) is 6.61 Å². The summed E-state index contributed by atoms with van der Waals surface area (Å²) in [5, 5.41) is 30.6. The molecule has 0 aliphatic heterocycles. The maximum atomic E-state index is 10.3. The average molecular weight is 495 g/mol. The fourth-order valence-electron chi connectivity index (χ4n) is 7.20. The highest BCUT2D eigenvalue weighted by molar-refractivity contribution is 5.38. The Morgan fingerprint density at radius 1 is 1.22 bits per heavy atom. The molecule has 0 radical (unpaired) electrons. The van der Waals surface area contributed by atoms with E-state index >= 15 is 0 Å². The van der Waals surface area contributed by atoms with Gasteiger partial charge in [-0.05, 0) is 97.8 Å². The lowest BCUT2D eigenvalue weighted by molar-refractivity contribution is 0.0275. The van der Waals surface area contributed by atoms with Crippen molar-refractivity contribution in [1.29, 1.82) is 0 Å². The highest BCUT2D eigenvalue weighted by atomic mass is 16.5. The molecule has 3 fully saturated rings. The van der Waals surface area contributed by atoms with Crippen molar-refractivity contribution in [2.45, 2.75) is 97.1 Å². The van der Waals surface area contributed by atoms with Gasteiger partial charge in [0.2, 0.25) is 0 Å². The third-order valence-electron chi connectivity index (χ3n) is 9.27. The minimum atomic E-state index is -0.845. The van der Waals surface area contributed by atoms with E-state index in [-0.39, 0.29) is 5.41 Å². The van der Waals surface area contributed by atoms with Crippen molar-refractivity contribution in [1.82, 2.24) is 0 Å². The molecule has 0 spiro atoms. The predicted octanol–water partition coefficient (Wildman–Crippen LogP) is 6.21. The van der Waals surface area contributed by atoms with Gasteiger partial charge in [0.15, 0.2) is 0 Å². The number of benzene rings is 1. The first-order chi connectivity index (χ1) is 17.0. The molecule has 3 aliphatic rings. The summed E-state index contributed by atoms with van der Waals surface area (Å²) in [6, 6.07) is 8.07. The first-order valence-corrected chi connectivity index (χ1v) is 13.8. The van der Waals surface area contributed by atoms with E-state index in [2.05, 4.69) is 38.6 Å². The summed E-state index contributed by atoms with van der Waals surface area (Å²) < 4.78 is 6.21. The Morgan fingerprint density at radius 3 is 2.75 bits per heavy atom. The molecule has 4 rings (SSSR count). The van der Waals surface area contributed by atoms with Gasteiger partial charge in [-0.1, -0.05) is 62.4 Å². The van der Waals surface area contributed by atoms with Gasteiger partial charge in [0, 0.05) is 13.0 Å². The first-order valence-electron chi connectivity index (χ1n) is 13.8. The Bertz CT molecular complexity index is 1000. The Kier molecular flexibility index (Phi) is 8.31. The summed E-state index contributed by atoms with van der Waals surface area (Å²) in [5.74, 6) is 1.71. The summed E-state index contributed by atoms with van der Waals surface area (Å²) in [6.45, 7) is 13.9. The van der Waals surface area contributed by atoms with E-state index in [1.165, 1.54) is 31.3 Å². The quantitative estimate of drug-likeness (QED) is 0.422. The van der Waals surface area contributed by atoms with Crippen LogP contribution in [0.3, 0.4) is 0 Å². The number of hydrogen-bond acceptors (Lipinski definition) is 4. The molecule has 1 unspecified atom stereocenters. The lowest BCUT2D eigenvalue weighted by Crippen LogP contribution is -2.37. The van der Waals surface area contributed by atoms with Crippen LogP contribution in [0.15, 0.2) is 59.7 Å². The molecule has 36 heavy (non-hydrogen) atoms. The fraction of sp³-hybridized carbons (Fsp3) is 0.625. The number of rotatable bonds is 7. The molecule has 0 heterocycles. The van der Waals surface area contributed by atoms with E-state index in [1.807, 2.05) is 32.0 Å². The van der Waals surface area contributed by atoms with E-state index in [0.717, 1.165) is 35.3 Å². The number of allylic oxidation sites excluding steroid dienone is 3. The van der Waals surface area contributed by atoms with Crippen molar-refractivity contribution >= 4 is 0 Å². The topological polar surface area (TPSA) is 69.9 Å². The van der Waals surface area contributed by atoms with Crippen LogP contribution in [0.4, 0.5) is 0 Å². The minimum absolute atomic E-state index is 0.287. The van der Waals surface area contributed by atoms with E-state index in [9.17, 15) is 15.3 Å². The molecule has 0 aromatic heterocycles. The van der Waals surface area contributed by atoms with Gasteiger partial charge in [-0.15, -0.1) is 0 Å². The summed E-state index contributed by atoms with van der Waals surface area (Å²) in [5.41, 5.74) is 4.74. The molecule has 3 saturated carbocycles. The molecule has 3 N–H and O–H groups in total. The highest BCUT2D eigenvalue weighted by Gasteiger charge is 2.50. The van der Waals surface area contributed by atoms with Crippen LogP contribution in [-0.4, -0.2) is 34.1 Å². The Labute approximate surface area is 217 Å². The standard InChI is InChI=1S/C32H46O4/c1-21(19-36-20-23-8-6-10-26(16-23)31(3,4)35)28-13-14-29-24(9-7-15-32(28,29)5)11-12-25-17-27(33)18-30(34)22(25)2/h6,8,10-12,16,21,27-30,33-35H,2,7,9,13-15,17-20H2,1,3-5H3/b24-11+,25-12-/t21-,27+,28?,29-,30-,32+/m0/s1. The normalized spacial score (nSPS) is 34.2. The molecule has 4 nitrogen and oxygen atoms in total. The predicted molar refractivity (Wildman–Crippen MR) is 145 cm³/mol. The molecule has 0 bridgehead atoms. The largest absolute Gasteiger partial charge is 0.393 e. The van der Waals surface area contributed by atoms with Gasteiger partial charge in [-0.25, -0.2) is 0 Å². The zero-order valence-electron chi connectivity index (χ0n) is 22.7. The third kappa shape index (κ3) is 5.88. The van der Waals surface area contributed by atoms with Crippen LogP contribution in [0.5, 0.6) is 0 Å². The second kappa shape index (κ2) is 10.9. The first kappa shape index (κ1) is 27.3. The fourth-order valence-corrected chi connectivity index (χ4v) is 7.20. The summed E-state index contributed by atoms with van der Waals surface area (Å²) in [6.07, 6.45) is 10.3. The van der Waals surface area contributed by atoms with Gasteiger partial charge in [0.1, 0.15) is 0 Å². The van der Waals surface area contributed by atoms with Gasteiger partial charge in [0.05, 0.1) is 24.4 Å². The Hall–Kier alpha value is -1.72. The van der Waals surface area contributed by atoms with Gasteiger partial charge >= 0.3 is 0 Å². The average Bonchev–Trinajstić information content (AvgIpc) is 3.17. The van der Waals surface area contributed by atoms with E-state index in [4.69, 9.17) is 4.74 Å². The van der Waals surface area contributed by atoms with Crippen LogP contribution in [0.25, 0.3) is 0 Å². The van der Waals surface area contributed by atoms with Gasteiger partial charge in [0.25, 0.3) is 0 Å². The summed E-state index contributed by atoms with van der Waals surface area (Å²) >= 11 is 0. The van der Waals surface area contributed by atoms with Crippen LogP contribution in [0, 0.1) is 23.2 Å². The molecular formula is C32H46O4. The third-order valence-corrected chi connectivity index (χ3v) is 9.27. The van der Waals surface area contributed by atoms with Crippen molar-refractivity contribution in [3.63, 3.8) is 0 Å². The van der Waals surface area contributed by atoms with E-state index < -0.39 is 17.8 Å². The van der Waals surface area contributed by atoms with Gasteiger partial charge in [-0.3, -0.25) is 0 Å². The van der Waals surface area contributed by atoms with E-state index in [0.29, 0.717) is 37.2 Å². The Balaban J connectivity index is 1.39. The van der Waals surface area contributed by atoms with Gasteiger partial charge in [-0.2, -0.15) is 0 Å². The molecule has 0 saturated heterocycles. The smallest absolute Gasteiger partial charge is 0.0840 e. The Morgan fingerprint density at radius 2 is 2.00 bits per heavy atom. The number of ether oxygens (including phenoxy) is 1. The van der Waals surface area contributed by atoms with Crippen molar-refractivity contribution in [3.05, 3.63) is 70.8 Å². The molecule has 6 atom stereocenters. The molecule has 4 heteroatoms. The lowest BCUT2D eigenvalue weighted by atomic mass is 9.61. The second-order valence-corrected chi connectivity index (χ2v) is 12.4. The van der Waals surface area contributed by atoms with Crippen LogP contribution >= 0.6 is 0 Å². The second-order valence-electron chi connectivity index (χ2n) is 12.4. The molecule has 1 aromatic rings. The maximum absolute atomic E-state index is 10.3. The minimum Gasteiger partial charge on any atom is -0.393 e.